The van der Waals surface area contributed by atoms with E-state index in [4.69, 9.17) is 0 Å². The van der Waals surface area contributed by atoms with Gasteiger partial charge in [0.05, 0.1) is 0 Å². The first kappa shape index (κ1) is 15.0. The lowest BCUT2D eigenvalue weighted by Gasteiger charge is -2.37. The van der Waals surface area contributed by atoms with E-state index in [1.807, 2.05) is 0 Å². The van der Waals surface area contributed by atoms with Crippen LogP contribution in [0.1, 0.15) is 66.7 Å². The summed E-state index contributed by atoms with van der Waals surface area (Å²) in [5, 5.41) is 9.38. The van der Waals surface area contributed by atoms with Gasteiger partial charge in [0.25, 0.3) is 0 Å². The van der Waals surface area contributed by atoms with Crippen molar-refractivity contribution >= 4 is 0 Å². The molecular weight excluding hydrogens is 208 g/mol. The molecule has 0 heterocycles. The van der Waals surface area contributed by atoms with Crippen LogP contribution in [0.5, 0.6) is 0 Å². The van der Waals surface area contributed by atoms with Crippen LogP contribution >= 0.6 is 0 Å². The van der Waals surface area contributed by atoms with Crippen LogP contribution in [0, 0.1) is 29.1 Å². The first-order valence-corrected chi connectivity index (χ1v) is 7.46. The molecule has 17 heavy (non-hydrogen) atoms. The molecule has 1 fully saturated rings. The second-order valence-corrected chi connectivity index (χ2v) is 7.43. The zero-order chi connectivity index (χ0) is 13.1. The predicted octanol–water partition coefficient (Wildman–Crippen LogP) is 4.49. The molecule has 0 spiro atoms. The maximum Gasteiger partial charge on any atom is 0.0482 e. The SMILES string of the molecule is CC(C)C1CCCC(C(C)CC(C)(C)CO)C1. The highest BCUT2D eigenvalue weighted by atomic mass is 16.3. The van der Waals surface area contributed by atoms with Crippen LogP contribution in [0.3, 0.4) is 0 Å². The Kier molecular flexibility index (Phi) is 5.50. The van der Waals surface area contributed by atoms with Crippen molar-refractivity contribution in [2.24, 2.45) is 29.1 Å². The lowest BCUT2D eigenvalue weighted by atomic mass is 9.69. The molecule has 1 rings (SSSR count). The molecule has 3 unspecified atom stereocenters. The van der Waals surface area contributed by atoms with Gasteiger partial charge >= 0.3 is 0 Å². The second kappa shape index (κ2) is 6.22. The summed E-state index contributed by atoms with van der Waals surface area (Å²) < 4.78 is 0. The second-order valence-electron chi connectivity index (χ2n) is 7.43. The fourth-order valence-electron chi connectivity index (χ4n) is 3.49. The first-order valence-electron chi connectivity index (χ1n) is 7.46. The molecule has 1 heteroatoms. The minimum atomic E-state index is 0.101. The Morgan fingerprint density at radius 2 is 1.71 bits per heavy atom. The van der Waals surface area contributed by atoms with Crippen LogP contribution in [-0.4, -0.2) is 11.7 Å². The summed E-state index contributed by atoms with van der Waals surface area (Å²) in [5.41, 5.74) is 0.101. The van der Waals surface area contributed by atoms with E-state index < -0.39 is 0 Å². The molecule has 1 aliphatic carbocycles. The van der Waals surface area contributed by atoms with Crippen LogP contribution in [0.2, 0.25) is 0 Å². The van der Waals surface area contributed by atoms with Gasteiger partial charge in [0.15, 0.2) is 0 Å². The molecule has 0 saturated heterocycles. The average molecular weight is 240 g/mol. The Balaban J connectivity index is 2.49. The van der Waals surface area contributed by atoms with Crippen LogP contribution in [0.4, 0.5) is 0 Å². The van der Waals surface area contributed by atoms with Crippen LogP contribution < -0.4 is 0 Å². The Labute approximate surface area is 108 Å². The maximum atomic E-state index is 9.38. The smallest absolute Gasteiger partial charge is 0.0482 e. The summed E-state index contributed by atoms with van der Waals surface area (Å²) in [7, 11) is 0. The van der Waals surface area contributed by atoms with Crippen molar-refractivity contribution in [3.05, 3.63) is 0 Å². The van der Waals surface area contributed by atoms with Crippen molar-refractivity contribution in [2.75, 3.05) is 6.61 Å². The third kappa shape index (κ3) is 4.62. The first-order chi connectivity index (χ1) is 7.85. The van der Waals surface area contributed by atoms with Gasteiger partial charge in [-0.25, -0.2) is 0 Å². The van der Waals surface area contributed by atoms with Crippen molar-refractivity contribution in [1.82, 2.24) is 0 Å². The van der Waals surface area contributed by atoms with Gasteiger partial charge in [-0.05, 0) is 41.9 Å². The highest BCUT2D eigenvalue weighted by molar-refractivity contribution is 4.81. The number of hydrogen-bond acceptors (Lipinski definition) is 1. The molecule has 0 aromatic rings. The molecule has 3 atom stereocenters. The van der Waals surface area contributed by atoms with Crippen molar-refractivity contribution in [1.29, 1.82) is 0 Å². The zero-order valence-electron chi connectivity index (χ0n) is 12.5. The van der Waals surface area contributed by atoms with E-state index >= 15 is 0 Å². The van der Waals surface area contributed by atoms with Gasteiger partial charge in [-0.2, -0.15) is 0 Å². The molecule has 102 valence electrons. The molecule has 0 aliphatic heterocycles. The van der Waals surface area contributed by atoms with Crippen LogP contribution in [-0.2, 0) is 0 Å². The van der Waals surface area contributed by atoms with Gasteiger partial charge < -0.3 is 5.11 Å². The van der Waals surface area contributed by atoms with E-state index in [-0.39, 0.29) is 5.41 Å². The van der Waals surface area contributed by atoms with E-state index in [2.05, 4.69) is 34.6 Å². The quantitative estimate of drug-likeness (QED) is 0.750. The van der Waals surface area contributed by atoms with Crippen LogP contribution in [0.15, 0.2) is 0 Å². The van der Waals surface area contributed by atoms with Gasteiger partial charge in [-0.3, -0.25) is 0 Å². The summed E-state index contributed by atoms with van der Waals surface area (Å²) in [6.07, 6.45) is 6.84. The van der Waals surface area contributed by atoms with E-state index in [1.54, 1.807) is 0 Å². The average Bonchev–Trinajstić information content (AvgIpc) is 2.28. The maximum absolute atomic E-state index is 9.38. The van der Waals surface area contributed by atoms with Crippen molar-refractivity contribution in [2.45, 2.75) is 66.7 Å². The standard InChI is InChI=1S/C16H32O/c1-12(2)14-7-6-8-15(9-14)13(3)10-16(4,5)11-17/h12-15,17H,6-11H2,1-5H3. The minimum absolute atomic E-state index is 0.101. The monoisotopic (exact) mass is 240 g/mol. The Bertz CT molecular complexity index is 220. The van der Waals surface area contributed by atoms with Gasteiger partial charge in [0.2, 0.25) is 0 Å². The molecule has 0 bridgehead atoms. The molecule has 0 amide bonds. The van der Waals surface area contributed by atoms with Crippen molar-refractivity contribution in [3.63, 3.8) is 0 Å². The van der Waals surface area contributed by atoms with Crippen molar-refractivity contribution in [3.8, 4) is 0 Å². The summed E-state index contributed by atoms with van der Waals surface area (Å²) in [6, 6.07) is 0. The van der Waals surface area contributed by atoms with Gasteiger partial charge in [0.1, 0.15) is 0 Å². The van der Waals surface area contributed by atoms with E-state index in [0.717, 1.165) is 23.7 Å². The molecule has 0 aromatic heterocycles. The summed E-state index contributed by atoms with van der Waals surface area (Å²) in [6.45, 7) is 11.8. The Hall–Kier alpha value is -0.0400. The molecule has 1 nitrogen and oxygen atoms in total. The molecule has 0 radical (unpaired) electrons. The lowest BCUT2D eigenvalue weighted by molar-refractivity contribution is 0.0943. The van der Waals surface area contributed by atoms with E-state index in [9.17, 15) is 5.11 Å². The van der Waals surface area contributed by atoms with Crippen LogP contribution in [0.25, 0.3) is 0 Å². The Morgan fingerprint density at radius 3 is 2.24 bits per heavy atom. The third-order valence-electron chi connectivity index (χ3n) is 4.81. The number of rotatable bonds is 5. The molecule has 1 saturated carbocycles. The summed E-state index contributed by atoms with van der Waals surface area (Å²) in [4.78, 5) is 0. The normalized spacial score (nSPS) is 28.4. The highest BCUT2D eigenvalue weighted by Crippen LogP contribution is 2.40. The minimum Gasteiger partial charge on any atom is -0.396 e. The van der Waals surface area contributed by atoms with E-state index in [1.165, 1.54) is 32.1 Å². The third-order valence-corrected chi connectivity index (χ3v) is 4.81. The highest BCUT2D eigenvalue weighted by Gasteiger charge is 2.30. The Morgan fingerprint density at radius 1 is 1.12 bits per heavy atom. The fraction of sp³-hybridized carbons (Fsp3) is 1.00. The van der Waals surface area contributed by atoms with Gasteiger partial charge in [0, 0.05) is 6.61 Å². The largest absolute Gasteiger partial charge is 0.396 e. The summed E-state index contributed by atoms with van der Waals surface area (Å²) in [5.74, 6) is 3.44. The van der Waals surface area contributed by atoms with Gasteiger partial charge in [-0.15, -0.1) is 0 Å². The van der Waals surface area contributed by atoms with Crippen molar-refractivity contribution < 1.29 is 5.11 Å². The molecule has 1 N–H and O–H groups in total. The van der Waals surface area contributed by atoms with Gasteiger partial charge in [-0.1, -0.05) is 53.9 Å². The molecule has 1 aliphatic rings. The zero-order valence-corrected chi connectivity index (χ0v) is 12.5. The number of aliphatic hydroxyl groups is 1. The topological polar surface area (TPSA) is 20.2 Å². The number of hydrogen-bond donors (Lipinski definition) is 1. The lowest BCUT2D eigenvalue weighted by Crippen LogP contribution is -2.28. The molecular formula is C16H32O. The predicted molar refractivity (Wildman–Crippen MR) is 74.9 cm³/mol. The number of aliphatic hydroxyl groups excluding tert-OH is 1. The van der Waals surface area contributed by atoms with E-state index in [0.29, 0.717) is 6.61 Å². The fourth-order valence-corrected chi connectivity index (χ4v) is 3.49. The summed E-state index contributed by atoms with van der Waals surface area (Å²) >= 11 is 0. The molecule has 0 aromatic carbocycles.